The number of benzene rings is 1. The van der Waals surface area contributed by atoms with E-state index in [1.807, 2.05) is 0 Å². The van der Waals surface area contributed by atoms with E-state index in [-0.39, 0.29) is 11.1 Å². The molecule has 6 nitrogen and oxygen atoms in total. The van der Waals surface area contributed by atoms with Gasteiger partial charge >= 0.3 is 17.9 Å². The third-order valence-corrected chi connectivity index (χ3v) is 6.04. The Labute approximate surface area is 217 Å². The first-order chi connectivity index (χ1) is 17.4. The van der Waals surface area contributed by atoms with Crippen molar-refractivity contribution in [3.8, 4) is 0 Å². The maximum atomic E-state index is 10.5. The topological polar surface area (TPSA) is 112 Å². The highest BCUT2D eigenvalue weighted by molar-refractivity contribution is 6.01. The van der Waals surface area contributed by atoms with Gasteiger partial charge in [0.05, 0.1) is 11.1 Å². The van der Waals surface area contributed by atoms with E-state index in [9.17, 15) is 14.4 Å². The molecule has 6 heteroatoms. The van der Waals surface area contributed by atoms with Crippen molar-refractivity contribution in [2.45, 2.75) is 122 Å². The first-order valence-corrected chi connectivity index (χ1v) is 13.8. The number of unbranched alkanes of at least 4 members (excludes halogenated alkanes) is 15. The second-order valence-electron chi connectivity index (χ2n) is 9.30. The number of aromatic carboxylic acids is 2. The zero-order chi connectivity index (χ0) is 26.9. The zero-order valence-electron chi connectivity index (χ0n) is 22.3. The van der Waals surface area contributed by atoms with Crippen LogP contribution in [0.25, 0.3) is 0 Å². The van der Waals surface area contributed by atoms with Crippen LogP contribution in [-0.2, 0) is 4.79 Å². The fraction of sp³-hybridized carbons (Fsp3) is 0.633. The van der Waals surface area contributed by atoms with Crippen LogP contribution in [0, 0.1) is 0 Å². The summed E-state index contributed by atoms with van der Waals surface area (Å²) in [5.74, 6) is -3.11. The van der Waals surface area contributed by atoms with Gasteiger partial charge in [-0.2, -0.15) is 0 Å². The molecule has 1 aromatic carbocycles. The molecule has 3 N–H and O–H groups in total. The summed E-state index contributed by atoms with van der Waals surface area (Å²) < 4.78 is 0. The summed E-state index contributed by atoms with van der Waals surface area (Å²) in [6.07, 6.45) is 27.1. The molecule has 36 heavy (non-hydrogen) atoms. The van der Waals surface area contributed by atoms with Crippen molar-refractivity contribution in [1.29, 1.82) is 0 Å². The van der Waals surface area contributed by atoms with Crippen LogP contribution in [0.3, 0.4) is 0 Å². The lowest BCUT2D eigenvalue weighted by Gasteiger charge is -2.01. The Morgan fingerprint density at radius 2 is 0.944 bits per heavy atom. The van der Waals surface area contributed by atoms with E-state index in [1.165, 1.54) is 121 Å². The Balaban J connectivity index is 0.000000846. The molecular weight excluding hydrogens is 456 g/mol. The van der Waals surface area contributed by atoms with Gasteiger partial charge in [-0.15, -0.1) is 0 Å². The van der Waals surface area contributed by atoms with Crippen molar-refractivity contribution in [2.24, 2.45) is 0 Å². The number of aliphatic carboxylic acids is 1. The summed E-state index contributed by atoms with van der Waals surface area (Å²) >= 11 is 0. The zero-order valence-corrected chi connectivity index (χ0v) is 22.3. The van der Waals surface area contributed by atoms with Gasteiger partial charge in [0.2, 0.25) is 0 Å². The average molecular weight is 505 g/mol. The van der Waals surface area contributed by atoms with E-state index < -0.39 is 17.9 Å². The number of allylic oxidation sites excluding steroid dienone is 2. The second kappa shape index (κ2) is 24.1. The molecule has 0 fully saturated rings. The van der Waals surface area contributed by atoms with Gasteiger partial charge in [0, 0.05) is 6.42 Å². The molecule has 0 aliphatic rings. The van der Waals surface area contributed by atoms with Crippen LogP contribution in [0.5, 0.6) is 0 Å². The van der Waals surface area contributed by atoms with Crippen LogP contribution >= 0.6 is 0 Å². The third-order valence-electron chi connectivity index (χ3n) is 6.04. The van der Waals surface area contributed by atoms with Crippen molar-refractivity contribution in [1.82, 2.24) is 0 Å². The van der Waals surface area contributed by atoms with Crippen LogP contribution in [0.1, 0.15) is 143 Å². The smallest absolute Gasteiger partial charge is 0.336 e. The minimum atomic E-state index is -1.23. The van der Waals surface area contributed by atoms with Crippen LogP contribution in [-0.4, -0.2) is 33.2 Å². The molecule has 1 aromatic rings. The number of carboxylic acid groups (broad SMARTS) is 3. The summed E-state index contributed by atoms with van der Waals surface area (Å²) in [6.45, 7) is 2.27. The molecule has 1 rings (SSSR count). The molecule has 0 aliphatic heterocycles. The number of carboxylic acids is 3. The summed E-state index contributed by atoms with van der Waals surface area (Å²) in [4.78, 5) is 31.3. The third kappa shape index (κ3) is 20.7. The molecule has 0 spiro atoms. The van der Waals surface area contributed by atoms with Gasteiger partial charge in [-0.05, 0) is 44.2 Å². The Kier molecular flexibility index (Phi) is 22.3. The fourth-order valence-electron chi connectivity index (χ4n) is 3.91. The van der Waals surface area contributed by atoms with Crippen molar-refractivity contribution in [3.05, 3.63) is 47.5 Å². The van der Waals surface area contributed by atoms with Crippen LogP contribution < -0.4 is 0 Å². The molecule has 0 amide bonds. The molecule has 0 heterocycles. The van der Waals surface area contributed by atoms with E-state index in [2.05, 4.69) is 19.1 Å². The number of rotatable bonds is 21. The number of carbonyl (C=O) groups is 3. The maximum Gasteiger partial charge on any atom is 0.336 e. The van der Waals surface area contributed by atoms with Crippen molar-refractivity contribution < 1.29 is 29.7 Å². The average Bonchev–Trinajstić information content (AvgIpc) is 2.85. The normalized spacial score (nSPS) is 10.7. The molecule has 0 unspecified atom stereocenters. The Bertz CT molecular complexity index is 708. The van der Waals surface area contributed by atoms with Gasteiger partial charge in [0.15, 0.2) is 0 Å². The van der Waals surface area contributed by atoms with Crippen molar-refractivity contribution in [3.63, 3.8) is 0 Å². The highest BCUT2D eigenvalue weighted by Gasteiger charge is 2.13. The molecule has 0 atom stereocenters. The van der Waals surface area contributed by atoms with E-state index in [0.717, 1.165) is 12.8 Å². The maximum absolute atomic E-state index is 10.5. The summed E-state index contributed by atoms with van der Waals surface area (Å²) in [6, 6.07) is 5.48. The first kappa shape index (κ1) is 33.4. The standard InChI is InChI=1S/C22H42O2.C8H6O4/c1-2-3-4-5-6-7-8-9-10-11-12-13-14-15-16-17-18-19-20-21-22(23)24;9-7(10)5-3-1-2-4-6(5)8(11)12/h9-10H,2-8,11-21H2,1H3,(H,23,24);1-4H,(H,9,10)(H,11,12)/b10-9-;. The van der Waals surface area contributed by atoms with Crippen LogP contribution in [0.15, 0.2) is 36.4 Å². The summed E-state index contributed by atoms with van der Waals surface area (Å²) in [7, 11) is 0. The van der Waals surface area contributed by atoms with Crippen LogP contribution in [0.2, 0.25) is 0 Å². The quantitative estimate of drug-likeness (QED) is 0.114. The summed E-state index contributed by atoms with van der Waals surface area (Å²) in [5.41, 5.74) is -0.380. The predicted octanol–water partition coefficient (Wildman–Crippen LogP) is 8.75. The van der Waals surface area contributed by atoms with Gasteiger partial charge in [-0.25, -0.2) is 9.59 Å². The summed E-state index contributed by atoms with van der Waals surface area (Å²) in [5, 5.41) is 25.7. The minimum absolute atomic E-state index is 0.190. The van der Waals surface area contributed by atoms with Gasteiger partial charge < -0.3 is 15.3 Å². The largest absolute Gasteiger partial charge is 0.481 e. The monoisotopic (exact) mass is 504 g/mol. The Morgan fingerprint density at radius 3 is 1.31 bits per heavy atom. The highest BCUT2D eigenvalue weighted by atomic mass is 16.4. The molecule has 0 bridgehead atoms. The van der Waals surface area contributed by atoms with Crippen molar-refractivity contribution >= 4 is 17.9 Å². The highest BCUT2D eigenvalue weighted by Crippen LogP contribution is 2.12. The molecule has 0 aromatic heterocycles. The Hall–Kier alpha value is -2.63. The van der Waals surface area contributed by atoms with Gasteiger partial charge in [-0.3, -0.25) is 4.79 Å². The Morgan fingerprint density at radius 1 is 0.583 bits per heavy atom. The molecular formula is C30H48O6. The van der Waals surface area contributed by atoms with E-state index in [4.69, 9.17) is 15.3 Å². The second-order valence-corrected chi connectivity index (χ2v) is 9.30. The molecule has 0 saturated heterocycles. The first-order valence-electron chi connectivity index (χ1n) is 13.8. The van der Waals surface area contributed by atoms with Crippen molar-refractivity contribution in [2.75, 3.05) is 0 Å². The van der Waals surface area contributed by atoms with E-state index >= 15 is 0 Å². The minimum Gasteiger partial charge on any atom is -0.481 e. The van der Waals surface area contributed by atoms with Gasteiger partial charge in [-0.1, -0.05) is 108 Å². The van der Waals surface area contributed by atoms with Gasteiger partial charge in [0.25, 0.3) is 0 Å². The van der Waals surface area contributed by atoms with E-state index in [0.29, 0.717) is 6.42 Å². The predicted molar refractivity (Wildman–Crippen MR) is 146 cm³/mol. The van der Waals surface area contributed by atoms with Gasteiger partial charge in [0.1, 0.15) is 0 Å². The molecule has 204 valence electrons. The SMILES string of the molecule is CCCCCCCC/C=C\CCCCCCCCCCCC(=O)O.O=C(O)c1ccccc1C(=O)O. The fourth-order valence-corrected chi connectivity index (χ4v) is 3.91. The lowest BCUT2D eigenvalue weighted by molar-refractivity contribution is -0.137. The molecule has 0 aliphatic carbocycles. The molecule has 0 radical (unpaired) electrons. The lowest BCUT2D eigenvalue weighted by Crippen LogP contribution is -2.06. The number of hydrogen-bond acceptors (Lipinski definition) is 3. The van der Waals surface area contributed by atoms with Crippen LogP contribution in [0.4, 0.5) is 0 Å². The number of hydrogen-bond donors (Lipinski definition) is 3. The lowest BCUT2D eigenvalue weighted by atomic mass is 10.1. The van der Waals surface area contributed by atoms with E-state index in [1.54, 1.807) is 0 Å². The molecule has 0 saturated carbocycles.